The first-order valence-corrected chi connectivity index (χ1v) is 6.17. The van der Waals surface area contributed by atoms with Gasteiger partial charge in [0.25, 0.3) is 0 Å². The third-order valence-electron chi connectivity index (χ3n) is 4.81. The number of rotatable bonds is 0. The lowest BCUT2D eigenvalue weighted by molar-refractivity contribution is 0.158. The van der Waals surface area contributed by atoms with Crippen LogP contribution < -0.4 is 5.32 Å². The Morgan fingerprint density at radius 2 is 2.25 bits per heavy atom. The van der Waals surface area contributed by atoms with Gasteiger partial charge in [0.2, 0.25) is 0 Å². The van der Waals surface area contributed by atoms with Crippen LogP contribution in [0.1, 0.15) is 31.4 Å². The number of benzene rings is 1. The summed E-state index contributed by atoms with van der Waals surface area (Å²) in [4.78, 5) is 0. The van der Waals surface area contributed by atoms with Crippen LogP contribution in [0.5, 0.6) is 5.75 Å². The van der Waals surface area contributed by atoms with Crippen molar-refractivity contribution in [3.05, 3.63) is 29.3 Å². The normalized spacial score (nSPS) is 36.9. The van der Waals surface area contributed by atoms with Crippen molar-refractivity contribution in [2.24, 2.45) is 5.92 Å². The first kappa shape index (κ1) is 10.2. The number of phenols is 1. The minimum atomic E-state index is 0.238. The Labute approximate surface area is 96.7 Å². The molecule has 0 amide bonds. The van der Waals surface area contributed by atoms with E-state index in [1.165, 1.54) is 17.5 Å². The van der Waals surface area contributed by atoms with Crippen molar-refractivity contribution in [1.29, 1.82) is 0 Å². The van der Waals surface area contributed by atoms with E-state index in [0.717, 1.165) is 13.0 Å². The molecule has 1 heterocycles. The van der Waals surface area contributed by atoms with E-state index in [0.29, 0.717) is 17.7 Å². The Kier molecular flexibility index (Phi) is 2.05. The second kappa shape index (κ2) is 3.24. The molecule has 1 aliphatic heterocycles. The summed E-state index contributed by atoms with van der Waals surface area (Å²) in [5.74, 6) is 1.06. The van der Waals surface area contributed by atoms with Gasteiger partial charge in [0, 0.05) is 6.04 Å². The van der Waals surface area contributed by atoms with Crippen LogP contribution in [0.2, 0.25) is 0 Å². The maximum absolute atomic E-state index is 9.67. The Morgan fingerprint density at radius 3 is 3.06 bits per heavy atom. The van der Waals surface area contributed by atoms with Crippen LogP contribution in [0.4, 0.5) is 0 Å². The van der Waals surface area contributed by atoms with Gasteiger partial charge in [0.1, 0.15) is 5.75 Å². The average molecular weight is 217 g/mol. The van der Waals surface area contributed by atoms with Crippen LogP contribution in [-0.4, -0.2) is 17.7 Å². The lowest BCUT2D eigenvalue weighted by Crippen LogP contribution is -2.56. The summed E-state index contributed by atoms with van der Waals surface area (Å²) in [6.07, 6.45) is 2.27. The smallest absolute Gasteiger partial charge is 0.115 e. The van der Waals surface area contributed by atoms with Gasteiger partial charge in [-0.3, -0.25) is 0 Å². The van der Waals surface area contributed by atoms with Crippen LogP contribution in [0, 0.1) is 5.92 Å². The summed E-state index contributed by atoms with van der Waals surface area (Å²) < 4.78 is 0. The van der Waals surface area contributed by atoms with Crippen molar-refractivity contribution >= 4 is 0 Å². The van der Waals surface area contributed by atoms with E-state index in [1.807, 2.05) is 12.1 Å². The molecule has 1 saturated heterocycles. The molecule has 2 nitrogen and oxygen atoms in total. The van der Waals surface area contributed by atoms with E-state index in [1.54, 1.807) is 0 Å². The molecule has 86 valence electrons. The van der Waals surface area contributed by atoms with Crippen LogP contribution in [0.15, 0.2) is 18.2 Å². The van der Waals surface area contributed by atoms with Crippen molar-refractivity contribution < 1.29 is 5.11 Å². The molecule has 0 aromatic heterocycles. The summed E-state index contributed by atoms with van der Waals surface area (Å²) in [7, 11) is 0. The Balaban J connectivity index is 2.18. The molecule has 2 bridgehead atoms. The molecule has 1 aromatic carbocycles. The van der Waals surface area contributed by atoms with Crippen molar-refractivity contribution in [1.82, 2.24) is 5.32 Å². The Hall–Kier alpha value is -1.02. The molecule has 0 saturated carbocycles. The molecular formula is C14H19NO. The number of aromatic hydroxyl groups is 1. The lowest BCUT2D eigenvalue weighted by Gasteiger charge is -2.50. The molecule has 1 fully saturated rings. The largest absolute Gasteiger partial charge is 0.508 e. The maximum atomic E-state index is 9.67. The number of phenolic OH excluding ortho intramolecular Hbond substituents is 1. The van der Waals surface area contributed by atoms with Gasteiger partial charge in [0.05, 0.1) is 0 Å². The monoisotopic (exact) mass is 217 g/mol. The van der Waals surface area contributed by atoms with E-state index in [4.69, 9.17) is 0 Å². The molecule has 16 heavy (non-hydrogen) atoms. The fourth-order valence-electron chi connectivity index (χ4n) is 3.51. The minimum absolute atomic E-state index is 0.238. The fraction of sp³-hybridized carbons (Fsp3) is 0.571. The Bertz CT molecular complexity index is 429. The van der Waals surface area contributed by atoms with Crippen LogP contribution in [0.25, 0.3) is 0 Å². The number of hydrogen-bond donors (Lipinski definition) is 2. The molecule has 2 heteroatoms. The SMILES string of the molecule is CC1[C@@H]2Cc3ccc(O)cc3[C@]1(C)CCN2. The zero-order valence-electron chi connectivity index (χ0n) is 9.96. The van der Waals surface area contributed by atoms with Gasteiger partial charge in [-0.05, 0) is 54.0 Å². The van der Waals surface area contributed by atoms with Gasteiger partial charge >= 0.3 is 0 Å². The predicted molar refractivity (Wildman–Crippen MR) is 64.7 cm³/mol. The summed E-state index contributed by atoms with van der Waals surface area (Å²) in [6, 6.07) is 6.49. The second-order valence-corrected chi connectivity index (χ2v) is 5.56. The van der Waals surface area contributed by atoms with Crippen molar-refractivity contribution in [3.8, 4) is 5.75 Å². The van der Waals surface area contributed by atoms with Crippen LogP contribution >= 0.6 is 0 Å². The number of piperidine rings is 1. The van der Waals surface area contributed by atoms with Gasteiger partial charge in [-0.2, -0.15) is 0 Å². The molecule has 0 radical (unpaired) electrons. The molecular weight excluding hydrogens is 198 g/mol. The molecule has 0 spiro atoms. The molecule has 3 rings (SSSR count). The maximum Gasteiger partial charge on any atom is 0.115 e. The lowest BCUT2D eigenvalue weighted by atomic mass is 9.59. The molecule has 1 aromatic rings. The first-order valence-electron chi connectivity index (χ1n) is 6.17. The highest BCUT2D eigenvalue weighted by atomic mass is 16.3. The zero-order valence-corrected chi connectivity index (χ0v) is 9.96. The Morgan fingerprint density at radius 1 is 1.44 bits per heavy atom. The standard InChI is InChI=1S/C14H19NO/c1-9-13-7-10-3-4-11(16)8-12(10)14(9,2)5-6-15-13/h3-4,8-9,13,15-16H,5-7H2,1-2H3/t9?,13-,14+/m0/s1. The van der Waals surface area contributed by atoms with Gasteiger partial charge in [-0.1, -0.05) is 19.9 Å². The highest BCUT2D eigenvalue weighted by molar-refractivity contribution is 5.44. The predicted octanol–water partition coefficient (Wildman–Crippen LogP) is 2.20. The van der Waals surface area contributed by atoms with E-state index in [9.17, 15) is 5.11 Å². The van der Waals surface area contributed by atoms with Crippen molar-refractivity contribution in [3.63, 3.8) is 0 Å². The summed E-state index contributed by atoms with van der Waals surface area (Å²) in [6.45, 7) is 5.79. The van der Waals surface area contributed by atoms with E-state index >= 15 is 0 Å². The quantitative estimate of drug-likeness (QED) is 0.698. The number of nitrogens with one attached hydrogen (secondary N) is 1. The zero-order chi connectivity index (χ0) is 11.3. The molecule has 1 unspecified atom stereocenters. The van der Waals surface area contributed by atoms with E-state index in [-0.39, 0.29) is 5.41 Å². The average Bonchev–Trinajstić information content (AvgIpc) is 2.25. The fourth-order valence-corrected chi connectivity index (χ4v) is 3.51. The number of fused-ring (bicyclic) bond motifs is 4. The van der Waals surface area contributed by atoms with Gasteiger partial charge in [-0.25, -0.2) is 0 Å². The molecule has 1 aliphatic carbocycles. The van der Waals surface area contributed by atoms with Crippen LogP contribution in [0.3, 0.4) is 0 Å². The first-order chi connectivity index (χ1) is 7.61. The summed E-state index contributed by atoms with van der Waals surface area (Å²) >= 11 is 0. The topological polar surface area (TPSA) is 32.3 Å². The highest BCUT2D eigenvalue weighted by Crippen LogP contribution is 2.46. The highest BCUT2D eigenvalue weighted by Gasteiger charge is 2.45. The van der Waals surface area contributed by atoms with E-state index < -0.39 is 0 Å². The summed E-state index contributed by atoms with van der Waals surface area (Å²) in [5.41, 5.74) is 3.02. The molecule has 2 aliphatic rings. The second-order valence-electron chi connectivity index (χ2n) is 5.56. The third kappa shape index (κ3) is 1.23. The van der Waals surface area contributed by atoms with Crippen LogP contribution in [-0.2, 0) is 11.8 Å². The van der Waals surface area contributed by atoms with Gasteiger partial charge in [-0.15, -0.1) is 0 Å². The van der Waals surface area contributed by atoms with Gasteiger partial charge < -0.3 is 10.4 Å². The number of hydrogen-bond acceptors (Lipinski definition) is 2. The molecule has 2 N–H and O–H groups in total. The third-order valence-corrected chi connectivity index (χ3v) is 4.81. The van der Waals surface area contributed by atoms with Crippen molar-refractivity contribution in [2.45, 2.75) is 38.1 Å². The molecule has 3 atom stereocenters. The van der Waals surface area contributed by atoms with Gasteiger partial charge in [0.15, 0.2) is 0 Å². The van der Waals surface area contributed by atoms with E-state index in [2.05, 4.69) is 25.2 Å². The van der Waals surface area contributed by atoms with Crippen molar-refractivity contribution in [2.75, 3.05) is 6.54 Å². The summed E-state index contributed by atoms with van der Waals surface area (Å²) in [5, 5.41) is 13.3. The minimum Gasteiger partial charge on any atom is -0.508 e.